The van der Waals surface area contributed by atoms with E-state index >= 15 is 0 Å². The van der Waals surface area contributed by atoms with Crippen molar-refractivity contribution in [2.24, 2.45) is 0 Å². The molecule has 0 unspecified atom stereocenters. The maximum absolute atomic E-state index is 13.3. The third-order valence-corrected chi connectivity index (χ3v) is 5.38. The summed E-state index contributed by atoms with van der Waals surface area (Å²) < 4.78 is 5.95. The Hall–Kier alpha value is -3.76. The quantitative estimate of drug-likeness (QED) is 0.361. The number of furan rings is 1. The summed E-state index contributed by atoms with van der Waals surface area (Å²) in [4.78, 5) is 39.9. The molecule has 4 nitrogen and oxygen atoms in total. The van der Waals surface area contributed by atoms with Crippen molar-refractivity contribution in [3.8, 4) is 11.3 Å². The highest BCUT2D eigenvalue weighted by molar-refractivity contribution is 6.33. The first kappa shape index (κ1) is 18.3. The number of hydrogen-bond donors (Lipinski definition) is 0. The van der Waals surface area contributed by atoms with Crippen molar-refractivity contribution in [3.63, 3.8) is 0 Å². The third kappa shape index (κ3) is 2.73. The van der Waals surface area contributed by atoms with E-state index in [0.717, 1.165) is 0 Å². The Morgan fingerprint density at radius 2 is 1.27 bits per heavy atom. The zero-order valence-electron chi connectivity index (χ0n) is 15.5. The van der Waals surface area contributed by atoms with Gasteiger partial charge in [0.25, 0.3) is 0 Å². The molecule has 1 aliphatic rings. The van der Waals surface area contributed by atoms with E-state index in [0.29, 0.717) is 21.7 Å². The second-order valence-electron chi connectivity index (χ2n) is 6.92. The van der Waals surface area contributed by atoms with Crippen LogP contribution in [-0.2, 0) is 0 Å². The first-order chi connectivity index (χ1) is 14.6. The summed E-state index contributed by atoms with van der Waals surface area (Å²) in [5, 5.41) is 0.521. The summed E-state index contributed by atoms with van der Waals surface area (Å²) >= 11 is 5.99. The summed E-state index contributed by atoms with van der Waals surface area (Å²) in [5.74, 6) is -1.14. The van der Waals surface area contributed by atoms with E-state index in [9.17, 15) is 14.4 Å². The number of rotatable bonds is 3. The molecular weight excluding hydrogens is 400 g/mol. The van der Waals surface area contributed by atoms with Crippen LogP contribution in [-0.4, -0.2) is 17.3 Å². The molecule has 30 heavy (non-hydrogen) atoms. The molecule has 4 aromatic rings. The van der Waals surface area contributed by atoms with Crippen molar-refractivity contribution in [2.45, 2.75) is 0 Å². The van der Waals surface area contributed by atoms with Crippen molar-refractivity contribution in [1.82, 2.24) is 0 Å². The summed E-state index contributed by atoms with van der Waals surface area (Å²) in [6, 6.07) is 21.8. The van der Waals surface area contributed by atoms with Crippen molar-refractivity contribution in [1.29, 1.82) is 0 Å². The number of benzene rings is 3. The number of fused-ring (bicyclic) bond motifs is 2. The lowest BCUT2D eigenvalue weighted by Gasteiger charge is -2.15. The van der Waals surface area contributed by atoms with Crippen molar-refractivity contribution < 1.29 is 18.8 Å². The second kappa shape index (κ2) is 6.94. The predicted octanol–water partition coefficient (Wildman–Crippen LogP) is 5.61. The Balaban J connectivity index is 1.79. The van der Waals surface area contributed by atoms with Gasteiger partial charge in [-0.05, 0) is 24.3 Å². The van der Waals surface area contributed by atoms with Gasteiger partial charge in [-0.3, -0.25) is 14.4 Å². The van der Waals surface area contributed by atoms with E-state index in [4.69, 9.17) is 16.0 Å². The molecule has 1 aliphatic carbocycles. The molecule has 0 amide bonds. The van der Waals surface area contributed by atoms with Gasteiger partial charge in [0.1, 0.15) is 5.76 Å². The van der Waals surface area contributed by atoms with Crippen LogP contribution in [0.5, 0.6) is 0 Å². The van der Waals surface area contributed by atoms with Crippen LogP contribution in [0, 0.1) is 0 Å². The normalized spacial score (nSPS) is 12.4. The van der Waals surface area contributed by atoms with Crippen LogP contribution in [0.2, 0.25) is 5.02 Å². The SMILES string of the molecule is O=C(c1ccccc1)c1oc(-c2ccc(Cl)cc2)c2c1C(=O)c1ccccc1C2=O. The molecule has 0 bridgehead atoms. The topological polar surface area (TPSA) is 64.3 Å². The highest BCUT2D eigenvalue weighted by Crippen LogP contribution is 2.39. The molecule has 144 valence electrons. The monoisotopic (exact) mass is 412 g/mol. The van der Waals surface area contributed by atoms with Crippen molar-refractivity contribution >= 4 is 29.0 Å². The summed E-state index contributed by atoms with van der Waals surface area (Å²) in [5.41, 5.74) is 1.61. The largest absolute Gasteiger partial charge is 0.451 e. The molecule has 5 rings (SSSR count). The number of halogens is 1. The highest BCUT2D eigenvalue weighted by Gasteiger charge is 2.39. The molecule has 0 atom stereocenters. The van der Waals surface area contributed by atoms with Crippen molar-refractivity contribution in [2.75, 3.05) is 0 Å². The van der Waals surface area contributed by atoms with Gasteiger partial charge < -0.3 is 4.42 Å². The molecule has 3 aromatic carbocycles. The van der Waals surface area contributed by atoms with Crippen molar-refractivity contribution in [3.05, 3.63) is 117 Å². The molecule has 0 fully saturated rings. The second-order valence-corrected chi connectivity index (χ2v) is 7.35. The van der Waals surface area contributed by atoms with Gasteiger partial charge in [0.05, 0.1) is 11.1 Å². The Morgan fingerprint density at radius 3 is 1.90 bits per heavy atom. The fraction of sp³-hybridized carbons (Fsp3) is 0. The molecule has 0 N–H and O–H groups in total. The van der Waals surface area contributed by atoms with Gasteiger partial charge in [-0.2, -0.15) is 0 Å². The molecule has 0 saturated heterocycles. The number of carbonyl (C=O) groups excluding carboxylic acids is 3. The molecule has 0 spiro atoms. The minimum absolute atomic E-state index is 0.0116. The summed E-state index contributed by atoms with van der Waals surface area (Å²) in [6.45, 7) is 0. The molecule has 0 aliphatic heterocycles. The summed E-state index contributed by atoms with van der Waals surface area (Å²) in [6.07, 6.45) is 0. The van der Waals surface area contributed by atoms with Gasteiger partial charge in [-0.1, -0.05) is 66.2 Å². The van der Waals surface area contributed by atoms with E-state index in [-0.39, 0.29) is 34.0 Å². The Labute approximate surface area is 176 Å². The molecular formula is C25H13ClO4. The molecule has 5 heteroatoms. The van der Waals surface area contributed by atoms with Gasteiger partial charge in [0.15, 0.2) is 17.3 Å². The lowest BCUT2D eigenvalue weighted by Crippen LogP contribution is -2.21. The maximum atomic E-state index is 13.3. The fourth-order valence-electron chi connectivity index (χ4n) is 3.70. The van der Waals surface area contributed by atoms with Gasteiger partial charge in [0, 0.05) is 27.3 Å². The molecule has 0 saturated carbocycles. The van der Waals surface area contributed by atoms with E-state index in [1.54, 1.807) is 78.9 Å². The zero-order chi connectivity index (χ0) is 20.8. The smallest absolute Gasteiger partial charge is 0.229 e. The Kier molecular flexibility index (Phi) is 4.23. The van der Waals surface area contributed by atoms with Crippen LogP contribution < -0.4 is 0 Å². The average Bonchev–Trinajstić information content (AvgIpc) is 3.19. The minimum atomic E-state index is -0.451. The van der Waals surface area contributed by atoms with Crippen LogP contribution in [0.1, 0.15) is 48.0 Å². The fourth-order valence-corrected chi connectivity index (χ4v) is 3.82. The van der Waals surface area contributed by atoms with Crippen LogP contribution >= 0.6 is 11.6 Å². The standard InChI is InChI=1S/C25H13ClO4/c26-16-12-10-15(11-13-16)24-19-20(23(29)18-9-5-4-8-17(18)22(19)28)25(30-24)21(27)14-6-2-1-3-7-14/h1-13H. The van der Waals surface area contributed by atoms with Gasteiger partial charge in [-0.15, -0.1) is 0 Å². The number of hydrogen-bond acceptors (Lipinski definition) is 4. The lowest BCUT2D eigenvalue weighted by atomic mass is 9.82. The maximum Gasteiger partial charge on any atom is 0.229 e. The van der Waals surface area contributed by atoms with Crippen LogP contribution in [0.25, 0.3) is 11.3 Å². The first-order valence-corrected chi connectivity index (χ1v) is 9.65. The Morgan fingerprint density at radius 1 is 0.700 bits per heavy atom. The van der Waals surface area contributed by atoms with Crippen LogP contribution in [0.4, 0.5) is 0 Å². The van der Waals surface area contributed by atoms with E-state index in [1.165, 1.54) is 0 Å². The zero-order valence-corrected chi connectivity index (χ0v) is 16.3. The van der Waals surface area contributed by atoms with Crippen LogP contribution in [0.15, 0.2) is 83.3 Å². The van der Waals surface area contributed by atoms with E-state index in [1.807, 2.05) is 0 Å². The van der Waals surface area contributed by atoms with Gasteiger partial charge >= 0.3 is 0 Å². The first-order valence-electron chi connectivity index (χ1n) is 9.27. The number of carbonyl (C=O) groups is 3. The van der Waals surface area contributed by atoms with E-state index < -0.39 is 11.6 Å². The molecule has 0 radical (unpaired) electrons. The third-order valence-electron chi connectivity index (χ3n) is 5.13. The summed E-state index contributed by atoms with van der Waals surface area (Å²) in [7, 11) is 0. The molecule has 1 aromatic heterocycles. The van der Waals surface area contributed by atoms with E-state index in [2.05, 4.69) is 0 Å². The lowest BCUT2D eigenvalue weighted by molar-refractivity contribution is 0.0968. The van der Waals surface area contributed by atoms with Gasteiger partial charge in [-0.25, -0.2) is 0 Å². The molecule has 1 heterocycles. The Bertz CT molecular complexity index is 1330. The highest BCUT2D eigenvalue weighted by atomic mass is 35.5. The number of ketones is 3. The average molecular weight is 413 g/mol. The van der Waals surface area contributed by atoms with Gasteiger partial charge in [0.2, 0.25) is 5.78 Å². The van der Waals surface area contributed by atoms with Crippen LogP contribution in [0.3, 0.4) is 0 Å². The predicted molar refractivity (Wildman–Crippen MR) is 112 cm³/mol. The minimum Gasteiger partial charge on any atom is -0.451 e.